The predicted octanol–water partition coefficient (Wildman–Crippen LogP) is 11.3. The molecule has 0 bridgehead atoms. The first-order valence-corrected chi connectivity index (χ1v) is 19.3. The van der Waals surface area contributed by atoms with Crippen LogP contribution in [0.4, 0.5) is 0 Å². The molecular weight excluding hydrogens is 648 g/mol. The monoisotopic (exact) mass is 681 g/mol. The Kier molecular flexibility index (Phi) is 7.48. The minimum absolute atomic E-state index is 0.997. The van der Waals surface area contributed by atoms with Gasteiger partial charge in [-0.3, -0.25) is 0 Å². The smallest absolute Gasteiger partial charge is 0.102 e. The summed E-state index contributed by atoms with van der Waals surface area (Å²) in [5, 5.41) is 10.2. The molecule has 10 rings (SSSR count). The molecule has 0 radical (unpaired) electrons. The average Bonchev–Trinajstić information content (AvgIpc) is 3.55. The minimum Gasteiger partial charge on any atom is -0.309 e. The molecule has 0 amide bonds. The van der Waals surface area contributed by atoms with Crippen LogP contribution >= 0.6 is 7.92 Å². The van der Waals surface area contributed by atoms with Gasteiger partial charge in [0.05, 0.1) is 30.2 Å². The Morgan fingerprint density at radius 2 is 0.923 bits per heavy atom. The highest BCUT2D eigenvalue weighted by Gasteiger charge is 2.25. The number of hydrogen-bond donors (Lipinski definition) is 0. The molecule has 2 aromatic heterocycles. The minimum atomic E-state index is -1.14. The first-order chi connectivity index (χ1) is 25.8. The molecule has 244 valence electrons. The van der Waals surface area contributed by atoms with Crippen molar-refractivity contribution in [2.45, 2.75) is 0 Å². The van der Waals surface area contributed by atoms with Gasteiger partial charge in [-0.2, -0.15) is 0 Å². The van der Waals surface area contributed by atoms with E-state index in [-0.39, 0.29) is 0 Å². The van der Waals surface area contributed by atoms with Gasteiger partial charge in [-0.05, 0) is 95.4 Å². The van der Waals surface area contributed by atoms with E-state index in [1.807, 2.05) is 0 Å². The number of fused-ring (bicyclic) bond motifs is 6. The van der Waals surface area contributed by atoms with Crippen LogP contribution in [-0.4, -0.2) is 9.55 Å². The molecule has 0 unspecified atom stereocenters. The summed E-state index contributed by atoms with van der Waals surface area (Å²) in [5.41, 5.74) is 9.04. The summed E-state index contributed by atoms with van der Waals surface area (Å²) in [6, 6.07) is 72.8. The second-order valence-electron chi connectivity index (χ2n) is 13.3. The van der Waals surface area contributed by atoms with E-state index in [0.717, 1.165) is 33.2 Å². The Balaban J connectivity index is 1.17. The SMILES string of the molecule is c1ccc(-c2nc3ccc(-c4ccc([PH+](c5ccccc5)c5ccccc5)cc4)cc3c3cc4c5ccccc5n(-c5ccccc5)c4cc23)cc1. The van der Waals surface area contributed by atoms with E-state index in [1.165, 1.54) is 54.2 Å². The van der Waals surface area contributed by atoms with Crippen LogP contribution in [0.15, 0.2) is 200 Å². The molecule has 3 heteroatoms. The molecule has 0 aliphatic carbocycles. The molecular formula is C49H34N2P+. The van der Waals surface area contributed by atoms with E-state index in [4.69, 9.17) is 4.98 Å². The van der Waals surface area contributed by atoms with Gasteiger partial charge in [0.15, 0.2) is 0 Å². The van der Waals surface area contributed by atoms with E-state index in [1.54, 1.807) is 0 Å². The fraction of sp³-hybridized carbons (Fsp3) is 0. The van der Waals surface area contributed by atoms with Gasteiger partial charge in [-0.25, -0.2) is 4.98 Å². The second kappa shape index (κ2) is 12.8. The zero-order chi connectivity index (χ0) is 34.4. The first-order valence-electron chi connectivity index (χ1n) is 17.8. The number of nitrogens with zero attached hydrogens (tertiary/aromatic N) is 2. The van der Waals surface area contributed by atoms with E-state index >= 15 is 0 Å². The molecule has 0 saturated carbocycles. The largest absolute Gasteiger partial charge is 0.309 e. The highest BCUT2D eigenvalue weighted by molar-refractivity contribution is 7.79. The summed E-state index contributed by atoms with van der Waals surface area (Å²) >= 11 is 0. The normalized spacial score (nSPS) is 11.6. The molecule has 2 nitrogen and oxygen atoms in total. The van der Waals surface area contributed by atoms with Crippen molar-refractivity contribution < 1.29 is 0 Å². The maximum Gasteiger partial charge on any atom is 0.102 e. The summed E-state index contributed by atoms with van der Waals surface area (Å²) in [6.07, 6.45) is 0. The van der Waals surface area contributed by atoms with Crippen molar-refractivity contribution >= 4 is 67.3 Å². The quantitative estimate of drug-likeness (QED) is 0.126. The average molecular weight is 682 g/mol. The van der Waals surface area contributed by atoms with Crippen LogP contribution in [0, 0.1) is 0 Å². The van der Waals surface area contributed by atoms with Crippen LogP contribution in [0.1, 0.15) is 0 Å². The van der Waals surface area contributed by atoms with Crippen molar-refractivity contribution in [2.24, 2.45) is 0 Å². The zero-order valence-corrected chi connectivity index (χ0v) is 29.4. The molecule has 2 heterocycles. The fourth-order valence-electron chi connectivity index (χ4n) is 7.85. The van der Waals surface area contributed by atoms with Gasteiger partial charge in [0.1, 0.15) is 15.9 Å². The van der Waals surface area contributed by atoms with Crippen molar-refractivity contribution in [1.82, 2.24) is 9.55 Å². The number of rotatable bonds is 6. The fourth-order valence-corrected chi connectivity index (χ4v) is 10.4. The standard InChI is InChI=1S/C49H33N2P/c1-5-15-35(16-6-1)49-45-33-48-44(41-23-13-14-24-47(41)51(48)37-17-7-2-8-18-37)32-42(45)43-31-36(27-30-46(43)50-49)34-25-28-40(29-26-34)52(38-19-9-3-10-20-38)39-21-11-4-12-22-39/h1-33H/p+1. The molecule has 8 aromatic carbocycles. The molecule has 0 atom stereocenters. The molecule has 0 spiro atoms. The molecule has 0 fully saturated rings. The Morgan fingerprint density at radius 1 is 0.346 bits per heavy atom. The van der Waals surface area contributed by atoms with E-state index in [9.17, 15) is 0 Å². The van der Waals surface area contributed by atoms with Crippen LogP contribution in [0.5, 0.6) is 0 Å². The van der Waals surface area contributed by atoms with Crippen LogP contribution in [-0.2, 0) is 0 Å². The number of para-hydroxylation sites is 2. The van der Waals surface area contributed by atoms with Crippen molar-refractivity contribution in [2.75, 3.05) is 0 Å². The lowest BCUT2D eigenvalue weighted by molar-refractivity contribution is 1.18. The third kappa shape index (κ3) is 5.20. The van der Waals surface area contributed by atoms with Gasteiger partial charge >= 0.3 is 0 Å². The van der Waals surface area contributed by atoms with Crippen molar-refractivity contribution in [3.63, 3.8) is 0 Å². The van der Waals surface area contributed by atoms with Gasteiger partial charge in [-0.1, -0.05) is 121 Å². The maximum absolute atomic E-state index is 5.37. The Labute approximate surface area is 304 Å². The lowest BCUT2D eigenvalue weighted by Gasteiger charge is -2.14. The molecule has 0 aliphatic heterocycles. The number of benzene rings is 8. The van der Waals surface area contributed by atoms with Crippen molar-refractivity contribution in [3.05, 3.63) is 200 Å². The number of aromatic nitrogens is 2. The predicted molar refractivity (Wildman–Crippen MR) is 225 cm³/mol. The van der Waals surface area contributed by atoms with Gasteiger partial charge in [0, 0.05) is 32.8 Å². The molecule has 10 aromatic rings. The second-order valence-corrected chi connectivity index (χ2v) is 15.8. The Hall–Kier alpha value is -6.34. The van der Waals surface area contributed by atoms with E-state index in [0.29, 0.717) is 0 Å². The highest BCUT2D eigenvalue weighted by atomic mass is 31.1. The molecule has 0 saturated heterocycles. The van der Waals surface area contributed by atoms with Gasteiger partial charge < -0.3 is 4.57 Å². The first kappa shape index (κ1) is 30.5. The third-order valence-corrected chi connectivity index (χ3v) is 13.0. The zero-order valence-electron chi connectivity index (χ0n) is 28.4. The van der Waals surface area contributed by atoms with Crippen LogP contribution < -0.4 is 15.9 Å². The Bertz CT molecular complexity index is 2830. The third-order valence-electron chi connectivity index (χ3n) is 10.3. The summed E-state index contributed by atoms with van der Waals surface area (Å²) in [4.78, 5) is 5.37. The van der Waals surface area contributed by atoms with Gasteiger partial charge in [-0.15, -0.1) is 0 Å². The summed E-state index contributed by atoms with van der Waals surface area (Å²) in [7, 11) is -1.14. The lowest BCUT2D eigenvalue weighted by Crippen LogP contribution is -2.20. The molecule has 0 N–H and O–H groups in total. The van der Waals surface area contributed by atoms with Crippen LogP contribution in [0.2, 0.25) is 0 Å². The highest BCUT2D eigenvalue weighted by Crippen LogP contribution is 2.41. The number of pyridine rings is 1. The van der Waals surface area contributed by atoms with E-state index in [2.05, 4.69) is 205 Å². The Morgan fingerprint density at radius 3 is 1.62 bits per heavy atom. The van der Waals surface area contributed by atoms with Gasteiger partial charge in [0.2, 0.25) is 0 Å². The molecule has 0 aliphatic rings. The summed E-state index contributed by atoms with van der Waals surface area (Å²) in [6.45, 7) is 0. The topological polar surface area (TPSA) is 17.8 Å². The van der Waals surface area contributed by atoms with Crippen LogP contribution in [0.25, 0.3) is 71.6 Å². The van der Waals surface area contributed by atoms with Crippen LogP contribution in [0.3, 0.4) is 0 Å². The number of hydrogen-bond acceptors (Lipinski definition) is 1. The lowest BCUT2D eigenvalue weighted by atomic mass is 9.95. The summed E-state index contributed by atoms with van der Waals surface area (Å²) < 4.78 is 2.39. The molecule has 52 heavy (non-hydrogen) atoms. The van der Waals surface area contributed by atoms with Gasteiger partial charge in [0.25, 0.3) is 0 Å². The van der Waals surface area contributed by atoms with E-state index < -0.39 is 7.92 Å². The maximum atomic E-state index is 5.37. The van der Waals surface area contributed by atoms with Crippen molar-refractivity contribution in [3.8, 4) is 28.1 Å². The van der Waals surface area contributed by atoms with Crippen molar-refractivity contribution in [1.29, 1.82) is 0 Å². The summed E-state index contributed by atoms with van der Waals surface area (Å²) in [5.74, 6) is 0.